The number of aromatic nitrogens is 2. The minimum atomic E-state index is 1.02. The molecule has 0 saturated carbocycles. The van der Waals surface area contributed by atoms with Crippen molar-refractivity contribution in [1.29, 1.82) is 0 Å². The van der Waals surface area contributed by atoms with E-state index in [2.05, 4.69) is 46.4 Å². The first-order valence-corrected chi connectivity index (χ1v) is 6.61. The van der Waals surface area contributed by atoms with Gasteiger partial charge in [0.15, 0.2) is 0 Å². The van der Waals surface area contributed by atoms with E-state index >= 15 is 0 Å². The largest absolute Gasteiger partial charge is 0.256 e. The highest BCUT2D eigenvalue weighted by atomic mass is 14.7. The quantitative estimate of drug-likeness (QED) is 0.470. The Morgan fingerprint density at radius 1 is 0.550 bits per heavy atom. The molecule has 2 heterocycles. The zero-order valence-electron chi connectivity index (χ0n) is 10.8. The predicted octanol–water partition coefficient (Wildman–Crippen LogP) is 4.45. The Hall–Kier alpha value is -2.74. The highest BCUT2D eigenvalue weighted by molar-refractivity contribution is 6.10. The first-order chi connectivity index (χ1) is 9.93. The van der Waals surface area contributed by atoms with Crippen LogP contribution in [0.1, 0.15) is 0 Å². The minimum absolute atomic E-state index is 1.02. The molecule has 0 spiro atoms. The average molecular weight is 256 g/mol. The molecule has 0 aliphatic rings. The second-order valence-corrected chi connectivity index (χ2v) is 4.76. The summed E-state index contributed by atoms with van der Waals surface area (Å²) >= 11 is 0. The summed E-state index contributed by atoms with van der Waals surface area (Å²) in [5.74, 6) is 0. The SMILES string of the molecule is c1ccc(-c2nccc3c2ccc2ncccc23)cc1. The van der Waals surface area contributed by atoms with E-state index in [4.69, 9.17) is 0 Å². The van der Waals surface area contributed by atoms with Gasteiger partial charge in [0.2, 0.25) is 0 Å². The molecular formula is C18H12N2. The molecule has 2 nitrogen and oxygen atoms in total. The van der Waals surface area contributed by atoms with Crippen LogP contribution in [-0.2, 0) is 0 Å². The fourth-order valence-corrected chi connectivity index (χ4v) is 2.64. The Labute approximate surface area is 116 Å². The van der Waals surface area contributed by atoms with Gasteiger partial charge in [-0.15, -0.1) is 0 Å². The van der Waals surface area contributed by atoms with Gasteiger partial charge in [-0.1, -0.05) is 36.4 Å². The zero-order chi connectivity index (χ0) is 13.4. The number of nitrogens with zero attached hydrogens (tertiary/aromatic N) is 2. The van der Waals surface area contributed by atoms with Crippen LogP contribution in [0.4, 0.5) is 0 Å². The van der Waals surface area contributed by atoms with Crippen molar-refractivity contribution in [2.45, 2.75) is 0 Å². The van der Waals surface area contributed by atoms with Crippen LogP contribution in [0.15, 0.2) is 73.1 Å². The molecule has 0 aliphatic heterocycles. The van der Waals surface area contributed by atoms with Crippen LogP contribution in [0, 0.1) is 0 Å². The van der Waals surface area contributed by atoms with Crippen LogP contribution >= 0.6 is 0 Å². The molecule has 0 unspecified atom stereocenters. The van der Waals surface area contributed by atoms with Crippen molar-refractivity contribution < 1.29 is 0 Å². The highest BCUT2D eigenvalue weighted by Crippen LogP contribution is 2.30. The topological polar surface area (TPSA) is 25.8 Å². The van der Waals surface area contributed by atoms with E-state index in [9.17, 15) is 0 Å². The number of hydrogen-bond donors (Lipinski definition) is 0. The van der Waals surface area contributed by atoms with Gasteiger partial charge in [0.1, 0.15) is 0 Å². The molecule has 2 aromatic carbocycles. The van der Waals surface area contributed by atoms with Crippen molar-refractivity contribution in [3.05, 3.63) is 73.1 Å². The standard InChI is InChI=1S/C18H12N2/c1-2-5-13(6-3-1)18-16-8-9-17-15(7-4-11-19-17)14(16)10-12-20-18/h1-12H. The van der Waals surface area contributed by atoms with Gasteiger partial charge < -0.3 is 0 Å². The van der Waals surface area contributed by atoms with Crippen molar-refractivity contribution >= 4 is 21.7 Å². The van der Waals surface area contributed by atoms with E-state index in [0.29, 0.717) is 0 Å². The third-order valence-electron chi connectivity index (χ3n) is 3.57. The van der Waals surface area contributed by atoms with Crippen LogP contribution in [0.3, 0.4) is 0 Å². The van der Waals surface area contributed by atoms with E-state index in [1.165, 1.54) is 16.2 Å². The van der Waals surface area contributed by atoms with E-state index in [1.54, 1.807) is 0 Å². The molecular weight excluding hydrogens is 244 g/mol. The second kappa shape index (κ2) is 4.42. The van der Waals surface area contributed by atoms with E-state index < -0.39 is 0 Å². The number of fused-ring (bicyclic) bond motifs is 3. The van der Waals surface area contributed by atoms with Gasteiger partial charge in [-0.3, -0.25) is 9.97 Å². The van der Waals surface area contributed by atoms with Crippen molar-refractivity contribution in [3.8, 4) is 11.3 Å². The van der Waals surface area contributed by atoms with Gasteiger partial charge in [-0.05, 0) is 29.7 Å². The third kappa shape index (κ3) is 1.66. The first kappa shape index (κ1) is 11.1. The maximum Gasteiger partial charge on any atom is 0.0780 e. The Balaban J connectivity index is 2.12. The Morgan fingerprint density at radius 3 is 2.35 bits per heavy atom. The molecule has 0 atom stereocenters. The predicted molar refractivity (Wildman–Crippen MR) is 82.5 cm³/mol. The molecule has 0 fully saturated rings. The Morgan fingerprint density at radius 2 is 1.45 bits per heavy atom. The molecule has 2 heteroatoms. The molecule has 2 aromatic heterocycles. The fourth-order valence-electron chi connectivity index (χ4n) is 2.64. The Kier molecular flexibility index (Phi) is 2.46. The van der Waals surface area contributed by atoms with Crippen molar-refractivity contribution in [2.24, 2.45) is 0 Å². The minimum Gasteiger partial charge on any atom is -0.256 e. The van der Waals surface area contributed by atoms with Crippen LogP contribution in [-0.4, -0.2) is 9.97 Å². The first-order valence-electron chi connectivity index (χ1n) is 6.61. The molecule has 20 heavy (non-hydrogen) atoms. The lowest BCUT2D eigenvalue weighted by Crippen LogP contribution is -1.87. The molecule has 94 valence electrons. The van der Waals surface area contributed by atoms with Crippen molar-refractivity contribution in [3.63, 3.8) is 0 Å². The number of hydrogen-bond acceptors (Lipinski definition) is 2. The summed E-state index contributed by atoms with van der Waals surface area (Å²) in [5, 5.41) is 3.54. The normalized spacial score (nSPS) is 11.0. The maximum absolute atomic E-state index is 4.56. The number of pyridine rings is 2. The van der Waals surface area contributed by atoms with Gasteiger partial charge in [0.05, 0.1) is 11.2 Å². The summed E-state index contributed by atoms with van der Waals surface area (Å²) in [7, 11) is 0. The lowest BCUT2D eigenvalue weighted by molar-refractivity contribution is 1.36. The molecule has 0 aliphatic carbocycles. The Bertz CT molecular complexity index is 899. The molecule has 0 N–H and O–H groups in total. The van der Waals surface area contributed by atoms with Crippen LogP contribution < -0.4 is 0 Å². The van der Waals surface area contributed by atoms with Gasteiger partial charge in [0, 0.05) is 28.7 Å². The lowest BCUT2D eigenvalue weighted by atomic mass is 10.0. The van der Waals surface area contributed by atoms with E-state index in [1.807, 2.05) is 36.7 Å². The maximum atomic E-state index is 4.56. The summed E-state index contributed by atoms with van der Waals surface area (Å²) in [5.41, 5.74) is 3.18. The van der Waals surface area contributed by atoms with Gasteiger partial charge in [0.25, 0.3) is 0 Å². The summed E-state index contributed by atoms with van der Waals surface area (Å²) in [6.07, 6.45) is 3.70. The van der Waals surface area contributed by atoms with Gasteiger partial charge in [-0.25, -0.2) is 0 Å². The van der Waals surface area contributed by atoms with Crippen LogP contribution in [0.2, 0.25) is 0 Å². The highest BCUT2D eigenvalue weighted by Gasteiger charge is 2.07. The summed E-state index contributed by atoms with van der Waals surface area (Å²) in [6.45, 7) is 0. The number of benzene rings is 2. The molecule has 4 aromatic rings. The average Bonchev–Trinajstić information content (AvgIpc) is 2.55. The smallest absolute Gasteiger partial charge is 0.0780 e. The van der Waals surface area contributed by atoms with E-state index in [-0.39, 0.29) is 0 Å². The van der Waals surface area contributed by atoms with E-state index in [0.717, 1.165) is 16.8 Å². The monoisotopic (exact) mass is 256 g/mol. The van der Waals surface area contributed by atoms with Crippen LogP contribution in [0.5, 0.6) is 0 Å². The van der Waals surface area contributed by atoms with Gasteiger partial charge in [-0.2, -0.15) is 0 Å². The molecule has 0 amide bonds. The second-order valence-electron chi connectivity index (χ2n) is 4.76. The molecule has 0 saturated heterocycles. The molecule has 0 radical (unpaired) electrons. The van der Waals surface area contributed by atoms with Crippen LogP contribution in [0.25, 0.3) is 32.9 Å². The number of rotatable bonds is 1. The summed E-state index contributed by atoms with van der Waals surface area (Å²) in [4.78, 5) is 8.98. The van der Waals surface area contributed by atoms with Gasteiger partial charge >= 0.3 is 0 Å². The van der Waals surface area contributed by atoms with Crippen molar-refractivity contribution in [1.82, 2.24) is 9.97 Å². The summed E-state index contributed by atoms with van der Waals surface area (Å²) < 4.78 is 0. The third-order valence-corrected chi connectivity index (χ3v) is 3.57. The van der Waals surface area contributed by atoms with Crippen molar-refractivity contribution in [2.75, 3.05) is 0 Å². The molecule has 0 bridgehead atoms. The fraction of sp³-hybridized carbons (Fsp3) is 0. The molecule has 4 rings (SSSR count). The lowest BCUT2D eigenvalue weighted by Gasteiger charge is -2.08. The summed E-state index contributed by atoms with van der Waals surface area (Å²) in [6, 6.07) is 20.6. The zero-order valence-corrected chi connectivity index (χ0v) is 10.8.